The van der Waals surface area contributed by atoms with Gasteiger partial charge in [-0.3, -0.25) is 9.55 Å². The molecule has 0 radical (unpaired) electrons. The molecule has 0 bridgehead atoms. The molecular weight excluding hydrogens is 809 g/mol. The average molecular weight is 857 g/mol. The Labute approximate surface area is 381 Å². The summed E-state index contributed by atoms with van der Waals surface area (Å²) in [5.41, 5.74) is 7.50. The number of anilines is 2. The van der Waals surface area contributed by atoms with E-state index in [4.69, 9.17) is 19.9 Å². The third kappa shape index (κ3) is 5.91. The van der Waals surface area contributed by atoms with E-state index in [1.807, 2.05) is 12.4 Å². The van der Waals surface area contributed by atoms with E-state index in [1.165, 1.54) is 43.9 Å². The predicted octanol–water partition coefficient (Wildman–Crippen LogP) is 10.8. The molecule has 2 aliphatic rings. The summed E-state index contributed by atoms with van der Waals surface area (Å²) in [4.78, 5) is 23.8. The first-order valence-corrected chi connectivity index (χ1v) is 24.9. The lowest BCUT2D eigenvalue weighted by atomic mass is 9.62. The zero-order valence-electron chi connectivity index (χ0n) is 36.6. The summed E-state index contributed by atoms with van der Waals surface area (Å²) in [7, 11) is -3.06. The number of pyridine rings is 1. The molecule has 1 saturated carbocycles. The normalized spacial score (nSPS) is 18.2. The van der Waals surface area contributed by atoms with Crippen molar-refractivity contribution in [3.8, 4) is 28.5 Å². The van der Waals surface area contributed by atoms with E-state index in [2.05, 4.69) is 217 Å². The molecule has 4 heterocycles. The molecule has 12 rings (SSSR count). The SMILES string of the molecule is CC12CCCCC1(C)N(c1nc(-c3cccc([Si](c4ccccc4)(c4ccccc4)c4ccccc4-c4ccccc4)c3)nc(-n3c4ccccc4c4ccccc43)n1)c1cnccc12. The highest BCUT2D eigenvalue weighted by atomic mass is 28.3. The molecule has 6 nitrogen and oxygen atoms in total. The van der Waals surface area contributed by atoms with Gasteiger partial charge in [0.15, 0.2) is 13.9 Å². The molecule has 2 atom stereocenters. The molecule has 2 unspecified atom stereocenters. The first kappa shape index (κ1) is 39.1. The van der Waals surface area contributed by atoms with Gasteiger partial charge in [0.05, 0.1) is 28.5 Å². The van der Waals surface area contributed by atoms with Crippen molar-refractivity contribution in [1.29, 1.82) is 0 Å². The van der Waals surface area contributed by atoms with Gasteiger partial charge in [-0.2, -0.15) is 15.0 Å². The van der Waals surface area contributed by atoms with E-state index < -0.39 is 8.07 Å². The van der Waals surface area contributed by atoms with Crippen molar-refractivity contribution in [1.82, 2.24) is 24.5 Å². The van der Waals surface area contributed by atoms with Crippen LogP contribution >= 0.6 is 0 Å². The molecule has 3 aromatic heterocycles. The molecule has 0 amide bonds. The van der Waals surface area contributed by atoms with Crippen LogP contribution < -0.4 is 25.6 Å². The Bertz CT molecular complexity index is 3300. The molecule has 0 saturated heterocycles. The molecule has 10 aromatic rings. The lowest BCUT2D eigenvalue weighted by Gasteiger charge is -2.49. The molecule has 0 spiro atoms. The van der Waals surface area contributed by atoms with Crippen molar-refractivity contribution in [2.45, 2.75) is 50.5 Å². The highest BCUT2D eigenvalue weighted by Gasteiger charge is 2.58. The summed E-state index contributed by atoms with van der Waals surface area (Å²) in [6.07, 6.45) is 8.40. The maximum absolute atomic E-state index is 5.61. The van der Waals surface area contributed by atoms with Crippen molar-refractivity contribution in [3.63, 3.8) is 0 Å². The van der Waals surface area contributed by atoms with E-state index in [1.54, 1.807) is 0 Å². The van der Waals surface area contributed by atoms with Gasteiger partial charge in [-0.1, -0.05) is 196 Å². The fourth-order valence-electron chi connectivity index (χ4n) is 11.6. The minimum Gasteiger partial charge on any atom is -0.302 e. The Kier molecular flexibility index (Phi) is 9.24. The maximum atomic E-state index is 5.61. The van der Waals surface area contributed by atoms with Gasteiger partial charge in [0.1, 0.15) is 0 Å². The number of hydrogen-bond donors (Lipinski definition) is 0. The van der Waals surface area contributed by atoms with Crippen LogP contribution in [0.5, 0.6) is 0 Å². The fraction of sp³-hybridized carbons (Fsp3) is 0.138. The number of aromatic nitrogens is 5. The number of hydrogen-bond acceptors (Lipinski definition) is 5. The Morgan fingerprint density at radius 2 is 1.08 bits per heavy atom. The third-order valence-corrected chi connectivity index (χ3v) is 19.7. The van der Waals surface area contributed by atoms with Gasteiger partial charge in [-0.15, -0.1) is 0 Å². The van der Waals surface area contributed by atoms with Gasteiger partial charge < -0.3 is 4.90 Å². The summed E-state index contributed by atoms with van der Waals surface area (Å²) in [6, 6.07) is 70.7. The van der Waals surface area contributed by atoms with E-state index in [-0.39, 0.29) is 11.0 Å². The standard InChI is InChI=1S/C58H48N6Si/c1-57-36-18-19-37-58(57,2)64(52-40-59-38-35-49(52)57)56-61-54(60-55(62-56)63-50-32-15-12-30-47(50)48-31-13-16-33-51(48)63)42-23-20-28-45(39-42)65(43-24-8-4-9-25-43,44-26-10-5-11-27-44)53-34-17-14-29-46(53)41-21-6-3-7-22-41/h3-17,20-35,38-40H,18-19,36-37H2,1-2H3. The highest BCUT2D eigenvalue weighted by Crippen LogP contribution is 2.60. The number of nitrogens with zero attached hydrogens (tertiary/aromatic N) is 6. The summed E-state index contributed by atoms with van der Waals surface area (Å²) in [5, 5.41) is 7.51. The molecule has 1 aliphatic carbocycles. The second-order valence-electron chi connectivity index (χ2n) is 18.1. The zero-order valence-corrected chi connectivity index (χ0v) is 37.6. The molecule has 314 valence electrons. The van der Waals surface area contributed by atoms with E-state index in [9.17, 15) is 0 Å². The van der Waals surface area contributed by atoms with Crippen molar-refractivity contribution in [3.05, 3.63) is 212 Å². The number of rotatable bonds is 8. The van der Waals surface area contributed by atoms with Gasteiger partial charge in [-0.05, 0) is 75.4 Å². The molecular formula is C58H48N6Si. The monoisotopic (exact) mass is 856 g/mol. The minimum absolute atomic E-state index is 0.105. The smallest absolute Gasteiger partial charge is 0.240 e. The summed E-state index contributed by atoms with van der Waals surface area (Å²) < 4.78 is 2.23. The zero-order chi connectivity index (χ0) is 43.6. The third-order valence-electron chi connectivity index (χ3n) is 14.9. The Morgan fingerprint density at radius 1 is 0.508 bits per heavy atom. The highest BCUT2D eigenvalue weighted by molar-refractivity contribution is 7.20. The van der Waals surface area contributed by atoms with Crippen LogP contribution in [-0.2, 0) is 5.41 Å². The molecule has 7 aromatic carbocycles. The second kappa shape index (κ2) is 15.4. The average Bonchev–Trinajstić information content (AvgIpc) is 3.82. The van der Waals surface area contributed by atoms with Crippen molar-refractivity contribution >= 4 is 62.3 Å². The molecule has 1 aliphatic heterocycles. The molecule has 1 fully saturated rings. The Hall–Kier alpha value is -7.48. The van der Waals surface area contributed by atoms with Crippen molar-refractivity contribution in [2.75, 3.05) is 4.90 Å². The van der Waals surface area contributed by atoms with Crippen LogP contribution in [0.1, 0.15) is 45.1 Å². The van der Waals surface area contributed by atoms with Crippen LogP contribution in [0.2, 0.25) is 0 Å². The summed E-state index contributed by atoms with van der Waals surface area (Å²) in [6.45, 7) is 4.86. The van der Waals surface area contributed by atoms with Crippen molar-refractivity contribution in [2.24, 2.45) is 0 Å². The quantitative estimate of drug-likeness (QED) is 0.113. The summed E-state index contributed by atoms with van der Waals surface area (Å²) in [5.74, 6) is 1.87. The van der Waals surface area contributed by atoms with Gasteiger partial charge in [0, 0.05) is 27.9 Å². The minimum atomic E-state index is -3.06. The van der Waals surface area contributed by atoms with Crippen LogP contribution in [0.15, 0.2) is 207 Å². The van der Waals surface area contributed by atoms with Crippen LogP contribution in [0, 0.1) is 0 Å². The van der Waals surface area contributed by atoms with E-state index >= 15 is 0 Å². The van der Waals surface area contributed by atoms with Crippen molar-refractivity contribution < 1.29 is 0 Å². The van der Waals surface area contributed by atoms with Crippen LogP contribution in [0.25, 0.3) is 50.3 Å². The number of benzene rings is 7. The summed E-state index contributed by atoms with van der Waals surface area (Å²) >= 11 is 0. The van der Waals surface area contributed by atoms with Crippen LogP contribution in [0.4, 0.5) is 11.6 Å². The van der Waals surface area contributed by atoms with E-state index in [0.717, 1.165) is 52.3 Å². The topological polar surface area (TPSA) is 59.7 Å². The first-order chi connectivity index (χ1) is 32.0. The van der Waals surface area contributed by atoms with Crippen LogP contribution in [0.3, 0.4) is 0 Å². The maximum Gasteiger partial charge on any atom is 0.240 e. The number of fused-ring (bicyclic) bond motifs is 6. The fourth-order valence-corrected chi connectivity index (χ4v) is 16.7. The molecule has 7 heteroatoms. The molecule has 0 N–H and O–H groups in total. The lowest BCUT2D eigenvalue weighted by molar-refractivity contribution is 0.193. The van der Waals surface area contributed by atoms with Gasteiger partial charge in [0.2, 0.25) is 11.9 Å². The van der Waals surface area contributed by atoms with Gasteiger partial charge in [0.25, 0.3) is 0 Å². The predicted molar refractivity (Wildman–Crippen MR) is 269 cm³/mol. The first-order valence-electron chi connectivity index (χ1n) is 22.9. The van der Waals surface area contributed by atoms with Crippen LogP contribution in [-0.4, -0.2) is 38.1 Å². The largest absolute Gasteiger partial charge is 0.302 e. The van der Waals surface area contributed by atoms with E-state index in [0.29, 0.717) is 17.7 Å². The van der Waals surface area contributed by atoms with Gasteiger partial charge in [-0.25, -0.2) is 0 Å². The Balaban J connectivity index is 1.15. The second-order valence-corrected chi connectivity index (χ2v) is 21.9. The van der Waals surface area contributed by atoms with Gasteiger partial charge >= 0.3 is 0 Å². The Morgan fingerprint density at radius 3 is 1.78 bits per heavy atom. The lowest BCUT2D eigenvalue weighted by Crippen LogP contribution is -2.75. The molecule has 65 heavy (non-hydrogen) atoms. The number of para-hydroxylation sites is 2.